The number of aromatic nitrogens is 3. The number of nitrogens with one attached hydrogen (secondary N) is 1. The van der Waals surface area contributed by atoms with Crippen LogP contribution in [0.5, 0.6) is 0 Å². The van der Waals surface area contributed by atoms with Crippen molar-refractivity contribution in [3.8, 4) is 11.3 Å². The first-order valence-electron chi connectivity index (χ1n) is 6.58. The molecule has 0 fully saturated rings. The smallest absolute Gasteiger partial charge is 0.414 e. The van der Waals surface area contributed by atoms with E-state index in [1.165, 1.54) is 16.9 Å². The average molecular weight is 337 g/mol. The first-order chi connectivity index (χ1) is 10.7. The van der Waals surface area contributed by atoms with Gasteiger partial charge in [0.2, 0.25) is 4.96 Å². The molecular formula is C14H13ClN4O2S. The Bertz CT molecular complexity index is 797. The second-order valence-electron chi connectivity index (χ2n) is 4.57. The standard InChI is InChI=1S/C14H13ClN4O2S/c1-9-2-4-10(5-3-9)11-8-22-13-16-12(18-19(11)13)17-14(20)21-7-6-15/h2-5,8H,6-7H2,1H3,(H,17,18,20). The Hall–Kier alpha value is -2.12. The van der Waals surface area contributed by atoms with E-state index in [9.17, 15) is 4.79 Å². The molecule has 114 valence electrons. The predicted molar refractivity (Wildman–Crippen MR) is 86.7 cm³/mol. The summed E-state index contributed by atoms with van der Waals surface area (Å²) in [4.78, 5) is 16.4. The van der Waals surface area contributed by atoms with Gasteiger partial charge in [0.05, 0.1) is 11.6 Å². The summed E-state index contributed by atoms with van der Waals surface area (Å²) in [6, 6.07) is 8.14. The van der Waals surface area contributed by atoms with E-state index in [0.717, 1.165) is 11.3 Å². The summed E-state index contributed by atoms with van der Waals surface area (Å²) in [5, 5.41) is 8.76. The molecule has 0 radical (unpaired) electrons. The Labute approximate surface area is 135 Å². The van der Waals surface area contributed by atoms with E-state index < -0.39 is 6.09 Å². The molecule has 3 aromatic rings. The second-order valence-corrected chi connectivity index (χ2v) is 5.78. The van der Waals surface area contributed by atoms with Crippen molar-refractivity contribution in [2.75, 3.05) is 17.8 Å². The number of hydrogen-bond acceptors (Lipinski definition) is 5. The zero-order valence-electron chi connectivity index (χ0n) is 11.7. The van der Waals surface area contributed by atoms with Crippen LogP contribution < -0.4 is 5.32 Å². The van der Waals surface area contributed by atoms with Gasteiger partial charge in [-0.2, -0.15) is 4.98 Å². The molecule has 0 bridgehead atoms. The molecule has 0 aliphatic carbocycles. The number of benzene rings is 1. The monoisotopic (exact) mass is 336 g/mol. The lowest BCUT2D eigenvalue weighted by Gasteiger charge is -2.01. The molecule has 6 nitrogen and oxygen atoms in total. The van der Waals surface area contributed by atoms with E-state index in [2.05, 4.69) is 15.4 Å². The third-order valence-electron chi connectivity index (χ3n) is 2.95. The number of aryl methyl sites for hydroxylation is 1. The maximum absolute atomic E-state index is 11.5. The summed E-state index contributed by atoms with van der Waals surface area (Å²) < 4.78 is 6.53. The highest BCUT2D eigenvalue weighted by atomic mass is 35.5. The van der Waals surface area contributed by atoms with Crippen molar-refractivity contribution >= 4 is 39.9 Å². The zero-order chi connectivity index (χ0) is 15.5. The molecule has 0 aliphatic heterocycles. The van der Waals surface area contributed by atoms with Crippen LogP contribution in [0.3, 0.4) is 0 Å². The zero-order valence-corrected chi connectivity index (χ0v) is 13.3. The number of carbonyl (C=O) groups is 1. The SMILES string of the molecule is Cc1ccc(-c2csc3nc(NC(=O)OCCCl)nn23)cc1. The number of amides is 1. The van der Waals surface area contributed by atoms with Crippen molar-refractivity contribution in [3.05, 3.63) is 35.2 Å². The Morgan fingerprint density at radius 3 is 2.91 bits per heavy atom. The summed E-state index contributed by atoms with van der Waals surface area (Å²) in [6.45, 7) is 2.18. The highest BCUT2D eigenvalue weighted by Crippen LogP contribution is 2.26. The number of alkyl halides is 1. The van der Waals surface area contributed by atoms with Gasteiger partial charge in [-0.1, -0.05) is 29.8 Å². The molecule has 2 aromatic heterocycles. The van der Waals surface area contributed by atoms with Crippen molar-refractivity contribution in [1.29, 1.82) is 0 Å². The van der Waals surface area contributed by atoms with Gasteiger partial charge in [0.1, 0.15) is 6.61 Å². The fourth-order valence-electron chi connectivity index (χ4n) is 1.92. The van der Waals surface area contributed by atoms with E-state index in [0.29, 0.717) is 4.96 Å². The van der Waals surface area contributed by atoms with Gasteiger partial charge in [-0.25, -0.2) is 9.31 Å². The van der Waals surface area contributed by atoms with Gasteiger partial charge in [0.25, 0.3) is 5.95 Å². The molecule has 1 aromatic carbocycles. The Morgan fingerprint density at radius 2 is 2.18 bits per heavy atom. The van der Waals surface area contributed by atoms with Crippen LogP contribution in [0, 0.1) is 6.92 Å². The lowest BCUT2D eigenvalue weighted by Crippen LogP contribution is -2.15. The highest BCUT2D eigenvalue weighted by Gasteiger charge is 2.13. The van der Waals surface area contributed by atoms with Crippen LogP contribution in [-0.4, -0.2) is 33.2 Å². The number of ether oxygens (including phenoxy) is 1. The summed E-state index contributed by atoms with van der Waals surface area (Å²) in [5.74, 6) is 0.455. The normalized spacial score (nSPS) is 10.8. The molecular weight excluding hydrogens is 324 g/mol. The topological polar surface area (TPSA) is 68.5 Å². The molecule has 0 aliphatic rings. The third-order valence-corrected chi connectivity index (χ3v) is 3.92. The van der Waals surface area contributed by atoms with E-state index in [-0.39, 0.29) is 18.4 Å². The number of carbonyl (C=O) groups excluding carboxylic acids is 1. The number of anilines is 1. The summed E-state index contributed by atoms with van der Waals surface area (Å²) in [5.41, 5.74) is 3.16. The largest absolute Gasteiger partial charge is 0.448 e. The molecule has 1 N–H and O–H groups in total. The fourth-order valence-corrected chi connectivity index (χ4v) is 2.82. The molecule has 0 saturated heterocycles. The summed E-state index contributed by atoms with van der Waals surface area (Å²) >= 11 is 6.91. The van der Waals surface area contributed by atoms with Gasteiger partial charge >= 0.3 is 6.09 Å². The molecule has 0 unspecified atom stereocenters. The number of fused-ring (bicyclic) bond motifs is 1. The van der Waals surface area contributed by atoms with Gasteiger partial charge in [-0.05, 0) is 6.92 Å². The molecule has 0 atom stereocenters. The maximum atomic E-state index is 11.5. The van der Waals surface area contributed by atoms with Crippen molar-refractivity contribution in [2.45, 2.75) is 6.92 Å². The molecule has 8 heteroatoms. The quantitative estimate of drug-likeness (QED) is 0.740. The fraction of sp³-hybridized carbons (Fsp3) is 0.214. The van der Waals surface area contributed by atoms with E-state index in [4.69, 9.17) is 16.3 Å². The number of thiazole rings is 1. The van der Waals surface area contributed by atoms with E-state index in [1.807, 2.05) is 36.6 Å². The van der Waals surface area contributed by atoms with Gasteiger partial charge in [0.15, 0.2) is 0 Å². The lowest BCUT2D eigenvalue weighted by atomic mass is 10.1. The maximum Gasteiger partial charge on any atom is 0.414 e. The van der Waals surface area contributed by atoms with E-state index >= 15 is 0 Å². The van der Waals surface area contributed by atoms with Crippen LogP contribution in [0.25, 0.3) is 16.2 Å². The minimum atomic E-state index is -0.615. The van der Waals surface area contributed by atoms with Crippen LogP contribution in [0.4, 0.5) is 10.7 Å². The molecule has 2 heterocycles. The molecule has 0 saturated carbocycles. The minimum absolute atomic E-state index is 0.143. The van der Waals surface area contributed by atoms with Crippen LogP contribution in [0.15, 0.2) is 29.6 Å². The van der Waals surface area contributed by atoms with Gasteiger partial charge < -0.3 is 4.74 Å². The minimum Gasteiger partial charge on any atom is -0.448 e. The Kier molecular flexibility index (Phi) is 4.26. The third kappa shape index (κ3) is 3.05. The van der Waals surface area contributed by atoms with Gasteiger partial charge in [-0.3, -0.25) is 5.32 Å². The highest BCUT2D eigenvalue weighted by molar-refractivity contribution is 7.15. The lowest BCUT2D eigenvalue weighted by molar-refractivity contribution is 0.168. The van der Waals surface area contributed by atoms with Crippen LogP contribution in [0.1, 0.15) is 5.56 Å². The first kappa shape index (κ1) is 14.8. The van der Waals surface area contributed by atoms with Crippen molar-refractivity contribution < 1.29 is 9.53 Å². The Morgan fingerprint density at radius 1 is 1.41 bits per heavy atom. The van der Waals surface area contributed by atoms with Crippen molar-refractivity contribution in [3.63, 3.8) is 0 Å². The molecule has 0 spiro atoms. The number of hydrogen-bond donors (Lipinski definition) is 1. The van der Waals surface area contributed by atoms with E-state index in [1.54, 1.807) is 4.52 Å². The van der Waals surface area contributed by atoms with Crippen molar-refractivity contribution in [2.24, 2.45) is 0 Å². The predicted octanol–water partition coefficient (Wildman–Crippen LogP) is 3.55. The van der Waals surface area contributed by atoms with Crippen LogP contribution in [0.2, 0.25) is 0 Å². The Balaban J connectivity index is 1.85. The van der Waals surface area contributed by atoms with Crippen molar-refractivity contribution in [1.82, 2.24) is 14.6 Å². The number of halogens is 1. The summed E-state index contributed by atoms with van der Waals surface area (Å²) in [7, 11) is 0. The molecule has 3 rings (SSSR count). The molecule has 22 heavy (non-hydrogen) atoms. The van der Waals surface area contributed by atoms with Gasteiger partial charge in [0, 0.05) is 10.9 Å². The molecule has 1 amide bonds. The number of nitrogens with zero attached hydrogens (tertiary/aromatic N) is 3. The van der Waals surface area contributed by atoms with Crippen LogP contribution in [-0.2, 0) is 4.74 Å². The first-order valence-corrected chi connectivity index (χ1v) is 8.00. The number of rotatable bonds is 4. The second kappa shape index (κ2) is 6.33. The van der Waals surface area contributed by atoms with Crippen LogP contribution >= 0.6 is 22.9 Å². The average Bonchev–Trinajstić information content (AvgIpc) is 3.06. The van der Waals surface area contributed by atoms with Gasteiger partial charge in [-0.15, -0.1) is 28.0 Å². The summed E-state index contributed by atoms with van der Waals surface area (Å²) in [6.07, 6.45) is -0.615.